The molecule has 0 atom stereocenters. The van der Waals surface area contributed by atoms with E-state index in [2.05, 4.69) is 64.5 Å². The molecule has 6 heteroatoms. The predicted octanol–water partition coefficient (Wildman–Crippen LogP) is 3.37. The van der Waals surface area contributed by atoms with Crippen molar-refractivity contribution in [3.8, 4) is 11.3 Å². The van der Waals surface area contributed by atoms with Crippen LogP contribution in [0.25, 0.3) is 16.9 Å². The minimum atomic E-state index is 0.793. The first kappa shape index (κ1) is 15.4. The Hall–Kier alpha value is -3.15. The molecule has 126 valence electrons. The van der Waals surface area contributed by atoms with E-state index >= 15 is 0 Å². The smallest absolute Gasteiger partial charge is 0.161 e. The minimum Gasteiger partial charge on any atom is -0.355 e. The van der Waals surface area contributed by atoms with E-state index in [1.807, 2.05) is 29.9 Å². The normalized spacial score (nSPS) is 11.2. The van der Waals surface area contributed by atoms with Crippen LogP contribution in [0.1, 0.15) is 16.8 Å². The molecule has 0 saturated heterocycles. The van der Waals surface area contributed by atoms with Crippen molar-refractivity contribution in [3.05, 3.63) is 65.6 Å². The van der Waals surface area contributed by atoms with Gasteiger partial charge in [0.25, 0.3) is 0 Å². The van der Waals surface area contributed by atoms with Gasteiger partial charge in [-0.1, -0.05) is 30.3 Å². The fourth-order valence-electron chi connectivity index (χ4n) is 2.95. The Morgan fingerprint density at radius 1 is 1.16 bits per heavy atom. The third kappa shape index (κ3) is 2.76. The molecule has 0 aliphatic rings. The summed E-state index contributed by atoms with van der Waals surface area (Å²) in [5.74, 6) is 0.913. The largest absolute Gasteiger partial charge is 0.355 e. The van der Waals surface area contributed by atoms with Gasteiger partial charge in [0.2, 0.25) is 0 Å². The number of aryl methyl sites for hydroxylation is 2. The molecule has 4 rings (SSSR count). The van der Waals surface area contributed by atoms with Gasteiger partial charge in [0.15, 0.2) is 5.65 Å². The monoisotopic (exact) mass is 332 g/mol. The van der Waals surface area contributed by atoms with Crippen LogP contribution in [0.2, 0.25) is 0 Å². The summed E-state index contributed by atoms with van der Waals surface area (Å²) >= 11 is 0. The number of nitrogens with zero attached hydrogens (tertiary/aromatic N) is 5. The average molecular weight is 332 g/mol. The second-order valence-corrected chi connectivity index (χ2v) is 6.27. The second-order valence-electron chi connectivity index (χ2n) is 6.27. The molecule has 0 fully saturated rings. The van der Waals surface area contributed by atoms with Gasteiger partial charge < -0.3 is 4.90 Å². The van der Waals surface area contributed by atoms with Crippen LogP contribution in [-0.2, 0) is 6.54 Å². The summed E-state index contributed by atoms with van der Waals surface area (Å²) in [4.78, 5) is 7.01. The maximum absolute atomic E-state index is 4.86. The summed E-state index contributed by atoms with van der Waals surface area (Å²) < 4.78 is 1.90. The van der Waals surface area contributed by atoms with E-state index in [-0.39, 0.29) is 0 Å². The van der Waals surface area contributed by atoms with E-state index in [0.29, 0.717) is 0 Å². The molecule has 1 N–H and O–H groups in total. The summed E-state index contributed by atoms with van der Waals surface area (Å²) in [6.07, 6.45) is 3.68. The SMILES string of the molecule is Cc1nn2c(-c3cn[nH]c3)cc(N(C)Cc3ccccc3)nc2c1C. The number of H-pyrrole nitrogens is 1. The molecule has 3 heterocycles. The van der Waals surface area contributed by atoms with Crippen LogP contribution in [-0.4, -0.2) is 31.8 Å². The van der Waals surface area contributed by atoms with Crippen LogP contribution < -0.4 is 4.90 Å². The van der Waals surface area contributed by atoms with Crippen LogP contribution in [0.4, 0.5) is 5.82 Å². The summed E-state index contributed by atoms with van der Waals surface area (Å²) in [5, 5.41) is 11.6. The number of hydrogen-bond acceptors (Lipinski definition) is 4. The molecule has 6 nitrogen and oxygen atoms in total. The summed E-state index contributed by atoms with van der Waals surface area (Å²) in [6, 6.07) is 12.5. The summed E-state index contributed by atoms with van der Waals surface area (Å²) in [7, 11) is 2.06. The van der Waals surface area contributed by atoms with Gasteiger partial charge in [-0.25, -0.2) is 9.50 Å². The zero-order valence-electron chi connectivity index (χ0n) is 14.6. The Morgan fingerprint density at radius 2 is 1.96 bits per heavy atom. The molecular formula is C19H20N6. The zero-order valence-corrected chi connectivity index (χ0v) is 14.6. The topological polar surface area (TPSA) is 62.1 Å². The highest BCUT2D eigenvalue weighted by Gasteiger charge is 2.16. The first-order valence-corrected chi connectivity index (χ1v) is 8.24. The first-order chi connectivity index (χ1) is 12.1. The summed E-state index contributed by atoms with van der Waals surface area (Å²) in [5.41, 5.74) is 6.18. The fraction of sp³-hybridized carbons (Fsp3) is 0.211. The van der Waals surface area contributed by atoms with E-state index in [0.717, 1.165) is 40.5 Å². The molecule has 0 unspecified atom stereocenters. The number of anilines is 1. The Morgan fingerprint density at radius 3 is 2.68 bits per heavy atom. The van der Waals surface area contributed by atoms with Crippen molar-refractivity contribution in [2.45, 2.75) is 20.4 Å². The maximum Gasteiger partial charge on any atom is 0.161 e. The predicted molar refractivity (Wildman–Crippen MR) is 98.6 cm³/mol. The number of nitrogens with one attached hydrogen (secondary N) is 1. The number of hydrogen-bond donors (Lipinski definition) is 1. The van der Waals surface area contributed by atoms with Crippen molar-refractivity contribution in [3.63, 3.8) is 0 Å². The Balaban J connectivity index is 1.83. The van der Waals surface area contributed by atoms with Crippen LogP contribution in [0.15, 0.2) is 48.8 Å². The van der Waals surface area contributed by atoms with E-state index in [9.17, 15) is 0 Å². The van der Waals surface area contributed by atoms with E-state index in [4.69, 9.17) is 4.98 Å². The van der Waals surface area contributed by atoms with Crippen molar-refractivity contribution in [2.75, 3.05) is 11.9 Å². The van der Waals surface area contributed by atoms with Gasteiger partial charge in [0.05, 0.1) is 17.6 Å². The Bertz CT molecular complexity index is 1000. The molecule has 0 aliphatic heterocycles. The lowest BCUT2D eigenvalue weighted by Gasteiger charge is -2.19. The summed E-state index contributed by atoms with van der Waals surface area (Å²) in [6.45, 7) is 4.86. The molecule has 0 amide bonds. The second kappa shape index (κ2) is 6.05. The standard InChI is InChI=1S/C19H20N6/c1-13-14(2)23-25-17(16-10-20-21-11-16)9-18(22-19(13)25)24(3)12-15-7-5-4-6-8-15/h4-11H,12H2,1-3H3,(H,20,21). The van der Waals surface area contributed by atoms with Crippen LogP contribution >= 0.6 is 0 Å². The van der Waals surface area contributed by atoms with Crippen LogP contribution in [0.5, 0.6) is 0 Å². The quantitative estimate of drug-likeness (QED) is 0.622. The Labute approximate surface area is 146 Å². The number of benzene rings is 1. The van der Waals surface area contributed by atoms with Crippen LogP contribution in [0, 0.1) is 13.8 Å². The molecule has 1 aromatic carbocycles. The highest BCUT2D eigenvalue weighted by atomic mass is 15.3. The fourth-order valence-corrected chi connectivity index (χ4v) is 2.95. The lowest BCUT2D eigenvalue weighted by atomic mass is 10.2. The maximum atomic E-state index is 4.86. The van der Waals surface area contributed by atoms with Crippen molar-refractivity contribution in [1.29, 1.82) is 0 Å². The molecule has 0 radical (unpaired) electrons. The van der Waals surface area contributed by atoms with E-state index in [1.54, 1.807) is 0 Å². The number of fused-ring (bicyclic) bond motifs is 1. The Kier molecular flexibility index (Phi) is 3.72. The average Bonchev–Trinajstić information content (AvgIpc) is 3.25. The zero-order chi connectivity index (χ0) is 17.4. The van der Waals surface area contributed by atoms with Gasteiger partial charge in [-0.2, -0.15) is 10.2 Å². The molecule has 25 heavy (non-hydrogen) atoms. The minimum absolute atomic E-state index is 0.793. The van der Waals surface area contributed by atoms with Crippen molar-refractivity contribution >= 4 is 11.5 Å². The first-order valence-electron chi connectivity index (χ1n) is 8.24. The molecule has 4 aromatic rings. The third-order valence-electron chi connectivity index (χ3n) is 4.49. The van der Waals surface area contributed by atoms with Crippen LogP contribution in [0.3, 0.4) is 0 Å². The van der Waals surface area contributed by atoms with Crippen molar-refractivity contribution in [2.24, 2.45) is 0 Å². The molecule has 0 bridgehead atoms. The lowest BCUT2D eigenvalue weighted by Crippen LogP contribution is -2.18. The molecular weight excluding hydrogens is 312 g/mol. The van der Waals surface area contributed by atoms with Crippen molar-refractivity contribution in [1.82, 2.24) is 24.8 Å². The molecule has 0 aliphatic carbocycles. The number of aromatic nitrogens is 5. The lowest BCUT2D eigenvalue weighted by molar-refractivity contribution is 0.876. The van der Waals surface area contributed by atoms with Gasteiger partial charge in [-0.05, 0) is 19.4 Å². The number of rotatable bonds is 4. The highest BCUT2D eigenvalue weighted by Crippen LogP contribution is 2.26. The highest BCUT2D eigenvalue weighted by molar-refractivity contribution is 5.68. The van der Waals surface area contributed by atoms with Gasteiger partial charge in [-0.15, -0.1) is 0 Å². The number of aromatic amines is 1. The van der Waals surface area contributed by atoms with E-state index in [1.165, 1.54) is 5.56 Å². The van der Waals surface area contributed by atoms with Crippen molar-refractivity contribution < 1.29 is 0 Å². The van der Waals surface area contributed by atoms with Gasteiger partial charge in [0.1, 0.15) is 5.82 Å². The van der Waals surface area contributed by atoms with Gasteiger partial charge >= 0.3 is 0 Å². The molecule has 0 spiro atoms. The van der Waals surface area contributed by atoms with Gasteiger partial charge in [-0.3, -0.25) is 5.10 Å². The third-order valence-corrected chi connectivity index (χ3v) is 4.49. The van der Waals surface area contributed by atoms with Gasteiger partial charge in [0, 0.05) is 37.0 Å². The van der Waals surface area contributed by atoms with E-state index < -0.39 is 0 Å². The molecule has 0 saturated carbocycles. The molecule has 3 aromatic heterocycles.